The number of hydrogen-bond acceptors (Lipinski definition) is 4. The molecule has 14 heavy (non-hydrogen) atoms. The third-order valence-electron chi connectivity index (χ3n) is 2.36. The molecule has 0 amide bonds. The predicted octanol–water partition coefficient (Wildman–Crippen LogP) is -1.96. The van der Waals surface area contributed by atoms with Crippen molar-refractivity contribution < 1.29 is 5.11 Å². The van der Waals surface area contributed by atoms with E-state index in [0.717, 1.165) is 0 Å². The molecule has 1 aliphatic heterocycles. The van der Waals surface area contributed by atoms with Gasteiger partial charge in [-0.25, -0.2) is 4.79 Å². The maximum Gasteiger partial charge on any atom is 0.328 e. The minimum Gasteiger partial charge on any atom is -0.390 e. The lowest BCUT2D eigenvalue weighted by Gasteiger charge is -2.15. The summed E-state index contributed by atoms with van der Waals surface area (Å²) in [6, 6.07) is 0.978. The van der Waals surface area contributed by atoms with Gasteiger partial charge in [-0.2, -0.15) is 0 Å². The van der Waals surface area contributed by atoms with Crippen LogP contribution in [0, 0.1) is 0 Å². The van der Waals surface area contributed by atoms with Crippen LogP contribution in [0.4, 0.5) is 0 Å². The van der Waals surface area contributed by atoms with E-state index in [2.05, 4.69) is 10.3 Å². The molecule has 0 aromatic carbocycles. The van der Waals surface area contributed by atoms with Crippen molar-refractivity contribution >= 4 is 0 Å². The topological polar surface area (TPSA) is 87.1 Å². The van der Waals surface area contributed by atoms with Crippen LogP contribution in [-0.2, 0) is 0 Å². The number of H-pyrrole nitrogens is 1. The maximum atomic E-state index is 11.3. The van der Waals surface area contributed by atoms with Crippen molar-refractivity contribution in [2.24, 2.45) is 0 Å². The van der Waals surface area contributed by atoms with E-state index >= 15 is 0 Å². The number of hydrogen-bond donors (Lipinski definition) is 3. The predicted molar refractivity (Wildman–Crippen MR) is 49.2 cm³/mol. The Labute approximate surface area is 79.2 Å². The summed E-state index contributed by atoms with van der Waals surface area (Å²) in [5.41, 5.74) is -0.906. The minimum atomic E-state index is -0.585. The Morgan fingerprint density at radius 3 is 2.79 bits per heavy atom. The number of aromatic nitrogens is 2. The zero-order chi connectivity index (χ0) is 10.1. The van der Waals surface area contributed by atoms with E-state index in [0.29, 0.717) is 13.1 Å². The normalized spacial score (nSPS) is 26.6. The molecule has 1 saturated heterocycles. The number of nitrogens with one attached hydrogen (secondary N) is 2. The lowest BCUT2D eigenvalue weighted by molar-refractivity contribution is 0.148. The Morgan fingerprint density at radius 1 is 1.43 bits per heavy atom. The highest BCUT2D eigenvalue weighted by Crippen LogP contribution is 2.12. The van der Waals surface area contributed by atoms with Crippen molar-refractivity contribution in [3.63, 3.8) is 0 Å². The molecule has 0 radical (unpaired) electrons. The highest BCUT2D eigenvalue weighted by atomic mass is 16.3. The smallest absolute Gasteiger partial charge is 0.328 e. The van der Waals surface area contributed by atoms with Gasteiger partial charge in [0.2, 0.25) is 0 Å². The summed E-state index contributed by atoms with van der Waals surface area (Å²) in [5.74, 6) is 0. The molecule has 0 bridgehead atoms. The highest BCUT2D eigenvalue weighted by molar-refractivity contribution is 4.92. The van der Waals surface area contributed by atoms with Gasteiger partial charge < -0.3 is 10.4 Å². The molecular formula is C8H11N3O3. The van der Waals surface area contributed by atoms with E-state index in [1.54, 1.807) is 0 Å². The second-order valence-corrected chi connectivity index (χ2v) is 3.31. The zero-order valence-electron chi connectivity index (χ0n) is 7.43. The lowest BCUT2D eigenvalue weighted by Crippen LogP contribution is -2.35. The van der Waals surface area contributed by atoms with E-state index < -0.39 is 17.4 Å². The fourth-order valence-corrected chi connectivity index (χ4v) is 1.62. The zero-order valence-corrected chi connectivity index (χ0v) is 7.43. The van der Waals surface area contributed by atoms with Crippen molar-refractivity contribution in [1.29, 1.82) is 0 Å². The molecule has 2 rings (SSSR count). The van der Waals surface area contributed by atoms with E-state index in [1.165, 1.54) is 16.8 Å². The summed E-state index contributed by atoms with van der Waals surface area (Å²) in [6.07, 6.45) is 0.820. The summed E-state index contributed by atoms with van der Waals surface area (Å²) in [7, 11) is 0. The van der Waals surface area contributed by atoms with Gasteiger partial charge in [-0.1, -0.05) is 0 Å². The van der Waals surface area contributed by atoms with Crippen molar-refractivity contribution in [3.05, 3.63) is 33.1 Å². The quantitative estimate of drug-likeness (QED) is 0.488. The molecule has 1 fully saturated rings. The first-order valence-corrected chi connectivity index (χ1v) is 4.39. The number of aliphatic hydroxyl groups excluding tert-OH is 1. The molecule has 1 aromatic rings. The van der Waals surface area contributed by atoms with Crippen LogP contribution in [0.2, 0.25) is 0 Å². The molecule has 76 valence electrons. The van der Waals surface area contributed by atoms with Crippen molar-refractivity contribution in [2.75, 3.05) is 13.1 Å². The average molecular weight is 197 g/mol. The third kappa shape index (κ3) is 1.49. The number of aliphatic hydroxyl groups is 1. The number of β-amino-alcohol motifs (C(OH)–C–C–N with tert-alkyl or cyclic N) is 1. The maximum absolute atomic E-state index is 11.3. The van der Waals surface area contributed by atoms with Crippen LogP contribution >= 0.6 is 0 Å². The van der Waals surface area contributed by atoms with Crippen molar-refractivity contribution in [3.8, 4) is 0 Å². The fraction of sp³-hybridized carbons (Fsp3) is 0.500. The first-order valence-electron chi connectivity index (χ1n) is 4.39. The molecule has 0 aliphatic carbocycles. The van der Waals surface area contributed by atoms with Gasteiger partial charge in [0.05, 0.1) is 12.1 Å². The highest BCUT2D eigenvalue weighted by Gasteiger charge is 2.26. The molecule has 2 heterocycles. The average Bonchev–Trinajstić information content (AvgIpc) is 2.52. The molecule has 0 spiro atoms. The lowest BCUT2D eigenvalue weighted by atomic mass is 10.2. The SMILES string of the molecule is O=c1ccn([C@@H]2CNC[C@H]2O)c(=O)[nH]1. The summed E-state index contributed by atoms with van der Waals surface area (Å²) >= 11 is 0. The summed E-state index contributed by atoms with van der Waals surface area (Å²) in [6.45, 7) is 1.00. The molecule has 1 aliphatic rings. The first kappa shape index (κ1) is 9.17. The molecular weight excluding hydrogens is 186 g/mol. The molecule has 2 atom stereocenters. The third-order valence-corrected chi connectivity index (χ3v) is 2.36. The molecule has 3 N–H and O–H groups in total. The van der Waals surface area contributed by atoms with Crippen molar-refractivity contribution in [1.82, 2.24) is 14.9 Å². The van der Waals surface area contributed by atoms with Gasteiger partial charge in [-0.05, 0) is 0 Å². The van der Waals surface area contributed by atoms with Crippen LogP contribution in [0.25, 0.3) is 0 Å². The monoisotopic (exact) mass is 197 g/mol. The van der Waals surface area contributed by atoms with Crippen LogP contribution in [0.5, 0.6) is 0 Å². The van der Waals surface area contributed by atoms with E-state index in [-0.39, 0.29) is 6.04 Å². The van der Waals surface area contributed by atoms with E-state index in [1.807, 2.05) is 0 Å². The van der Waals surface area contributed by atoms with Crippen molar-refractivity contribution in [2.45, 2.75) is 12.1 Å². The van der Waals surface area contributed by atoms with Crippen LogP contribution in [0.15, 0.2) is 21.9 Å². The second-order valence-electron chi connectivity index (χ2n) is 3.31. The second kappa shape index (κ2) is 3.39. The Bertz CT molecular complexity index is 436. The molecule has 6 heteroatoms. The number of nitrogens with zero attached hydrogens (tertiary/aromatic N) is 1. The molecule has 1 aromatic heterocycles. The van der Waals surface area contributed by atoms with Crippen LogP contribution < -0.4 is 16.6 Å². The van der Waals surface area contributed by atoms with Gasteiger partial charge in [0.15, 0.2) is 0 Å². The fourth-order valence-electron chi connectivity index (χ4n) is 1.62. The van der Waals surface area contributed by atoms with Gasteiger partial charge in [0.1, 0.15) is 0 Å². The Balaban J connectivity index is 2.41. The van der Waals surface area contributed by atoms with Gasteiger partial charge in [-0.15, -0.1) is 0 Å². The summed E-state index contributed by atoms with van der Waals surface area (Å²) in [4.78, 5) is 24.3. The number of rotatable bonds is 1. The number of aromatic amines is 1. The molecule has 6 nitrogen and oxygen atoms in total. The van der Waals surface area contributed by atoms with Gasteiger partial charge in [0, 0.05) is 25.4 Å². The Kier molecular flexibility index (Phi) is 2.22. The van der Waals surface area contributed by atoms with Gasteiger partial charge >= 0.3 is 5.69 Å². The van der Waals surface area contributed by atoms with Crippen LogP contribution in [0.3, 0.4) is 0 Å². The Hall–Kier alpha value is -1.40. The summed E-state index contributed by atoms with van der Waals surface area (Å²) in [5, 5.41) is 12.5. The van der Waals surface area contributed by atoms with E-state index in [4.69, 9.17) is 0 Å². The first-order chi connectivity index (χ1) is 6.68. The van der Waals surface area contributed by atoms with E-state index in [9.17, 15) is 14.7 Å². The molecule has 0 unspecified atom stereocenters. The molecule has 0 saturated carbocycles. The summed E-state index contributed by atoms with van der Waals surface area (Å²) < 4.78 is 1.34. The minimum absolute atomic E-state index is 0.292. The largest absolute Gasteiger partial charge is 0.390 e. The Morgan fingerprint density at radius 2 is 2.21 bits per heavy atom. The van der Waals surface area contributed by atoms with Crippen LogP contribution in [0.1, 0.15) is 6.04 Å². The standard InChI is InChI=1S/C8H11N3O3/c12-6-4-9-3-5(6)11-2-1-7(13)10-8(11)14/h1-2,5-6,9,12H,3-4H2,(H,10,13,14)/t5-,6-/m1/s1. The van der Waals surface area contributed by atoms with Crippen LogP contribution in [-0.4, -0.2) is 33.9 Å². The van der Waals surface area contributed by atoms with Gasteiger partial charge in [-0.3, -0.25) is 14.3 Å². The van der Waals surface area contributed by atoms with Gasteiger partial charge in [0.25, 0.3) is 5.56 Å².